The molecule has 0 aromatic carbocycles. The molecule has 0 amide bonds. The van der Waals surface area contributed by atoms with Crippen molar-refractivity contribution in [1.29, 1.82) is 0 Å². The van der Waals surface area contributed by atoms with E-state index in [-0.39, 0.29) is 6.10 Å². The zero-order valence-electron chi connectivity index (χ0n) is 5.31. The van der Waals surface area contributed by atoms with Crippen LogP contribution in [0.4, 0.5) is 0 Å². The maximum atomic E-state index is 9.54. The summed E-state index contributed by atoms with van der Waals surface area (Å²) < 4.78 is 4.48. The van der Waals surface area contributed by atoms with Crippen LogP contribution in [0.2, 0.25) is 0 Å². The third kappa shape index (κ3) is 3.65. The summed E-state index contributed by atoms with van der Waals surface area (Å²) in [6.07, 6.45) is 2.01. The SMILES string of the molecule is CCCC(C)O[C]=O. The van der Waals surface area contributed by atoms with Crippen molar-refractivity contribution in [3.63, 3.8) is 0 Å². The fraction of sp³-hybridized carbons (Fsp3) is 0.833. The first-order chi connectivity index (χ1) is 3.81. The average Bonchev–Trinajstić information content (AvgIpc) is 1.68. The van der Waals surface area contributed by atoms with Gasteiger partial charge in [-0.05, 0) is 13.3 Å². The van der Waals surface area contributed by atoms with E-state index in [0.717, 1.165) is 12.8 Å². The fourth-order valence-electron chi connectivity index (χ4n) is 0.548. The zero-order chi connectivity index (χ0) is 6.41. The lowest BCUT2D eigenvalue weighted by Gasteiger charge is -2.03. The number of hydrogen-bond donors (Lipinski definition) is 0. The lowest BCUT2D eigenvalue weighted by Crippen LogP contribution is -2.04. The molecular weight excluding hydrogens is 104 g/mol. The smallest absolute Gasteiger partial charge is 0.417 e. The first-order valence-electron chi connectivity index (χ1n) is 2.84. The molecule has 0 aromatic heterocycles. The Bertz CT molecular complexity index is 61.5. The predicted octanol–water partition coefficient (Wildman–Crippen LogP) is 1.26. The maximum absolute atomic E-state index is 9.54. The largest absolute Gasteiger partial charge is 0.454 e. The number of hydrogen-bond acceptors (Lipinski definition) is 2. The molecule has 1 radical (unpaired) electrons. The van der Waals surface area contributed by atoms with E-state index in [1.165, 1.54) is 6.47 Å². The highest BCUT2D eigenvalue weighted by Gasteiger charge is 1.97. The van der Waals surface area contributed by atoms with Gasteiger partial charge in [-0.2, -0.15) is 0 Å². The molecule has 0 N–H and O–H groups in total. The van der Waals surface area contributed by atoms with E-state index in [2.05, 4.69) is 4.74 Å². The molecule has 0 aliphatic carbocycles. The van der Waals surface area contributed by atoms with Crippen molar-refractivity contribution in [2.75, 3.05) is 0 Å². The predicted molar refractivity (Wildman–Crippen MR) is 31.1 cm³/mol. The third-order valence-corrected chi connectivity index (χ3v) is 0.944. The van der Waals surface area contributed by atoms with Crippen molar-refractivity contribution in [1.82, 2.24) is 0 Å². The van der Waals surface area contributed by atoms with Crippen molar-refractivity contribution in [3.05, 3.63) is 0 Å². The molecule has 0 aliphatic heterocycles. The van der Waals surface area contributed by atoms with E-state index in [9.17, 15) is 4.79 Å². The van der Waals surface area contributed by atoms with Crippen LogP contribution in [0.25, 0.3) is 0 Å². The Hall–Kier alpha value is -0.530. The molecule has 0 bridgehead atoms. The van der Waals surface area contributed by atoms with Gasteiger partial charge in [0, 0.05) is 0 Å². The van der Waals surface area contributed by atoms with Crippen LogP contribution >= 0.6 is 0 Å². The van der Waals surface area contributed by atoms with Gasteiger partial charge in [-0.25, -0.2) is 4.79 Å². The molecule has 0 heterocycles. The molecule has 1 atom stereocenters. The minimum atomic E-state index is 0.0394. The molecule has 0 saturated carbocycles. The van der Waals surface area contributed by atoms with Crippen LogP contribution in [0.5, 0.6) is 0 Å². The van der Waals surface area contributed by atoms with Crippen LogP contribution < -0.4 is 0 Å². The van der Waals surface area contributed by atoms with Crippen LogP contribution in [0.1, 0.15) is 26.7 Å². The van der Waals surface area contributed by atoms with E-state index < -0.39 is 0 Å². The Morgan fingerprint density at radius 2 is 2.38 bits per heavy atom. The minimum absolute atomic E-state index is 0.0394. The maximum Gasteiger partial charge on any atom is 0.417 e. The van der Waals surface area contributed by atoms with Gasteiger partial charge >= 0.3 is 6.47 Å². The second kappa shape index (κ2) is 4.62. The van der Waals surface area contributed by atoms with E-state index in [1.807, 2.05) is 13.8 Å². The monoisotopic (exact) mass is 115 g/mol. The summed E-state index contributed by atoms with van der Waals surface area (Å²) in [4.78, 5) is 9.54. The van der Waals surface area contributed by atoms with E-state index in [4.69, 9.17) is 0 Å². The molecule has 1 unspecified atom stereocenters. The molecule has 8 heavy (non-hydrogen) atoms. The van der Waals surface area contributed by atoms with Gasteiger partial charge in [0.2, 0.25) is 0 Å². The second-order valence-electron chi connectivity index (χ2n) is 1.80. The van der Waals surface area contributed by atoms with Gasteiger partial charge in [-0.1, -0.05) is 13.3 Å². The van der Waals surface area contributed by atoms with Crippen molar-refractivity contribution in [2.24, 2.45) is 0 Å². The topological polar surface area (TPSA) is 26.3 Å². The van der Waals surface area contributed by atoms with Crippen LogP contribution in [0.15, 0.2) is 0 Å². The summed E-state index contributed by atoms with van der Waals surface area (Å²) in [5.41, 5.74) is 0. The highest BCUT2D eigenvalue weighted by Crippen LogP contribution is 1.97. The van der Waals surface area contributed by atoms with Crippen LogP contribution in [-0.2, 0) is 9.53 Å². The summed E-state index contributed by atoms with van der Waals surface area (Å²) in [7, 11) is 0. The summed E-state index contributed by atoms with van der Waals surface area (Å²) >= 11 is 0. The van der Waals surface area contributed by atoms with Crippen LogP contribution in [-0.4, -0.2) is 12.6 Å². The van der Waals surface area contributed by atoms with Gasteiger partial charge in [0.25, 0.3) is 0 Å². The fourth-order valence-corrected chi connectivity index (χ4v) is 0.548. The second-order valence-corrected chi connectivity index (χ2v) is 1.80. The Labute approximate surface area is 49.8 Å². The number of rotatable bonds is 4. The van der Waals surface area contributed by atoms with E-state index in [0.29, 0.717) is 0 Å². The third-order valence-electron chi connectivity index (χ3n) is 0.944. The highest BCUT2D eigenvalue weighted by molar-refractivity contribution is 5.38. The summed E-state index contributed by atoms with van der Waals surface area (Å²) in [6.45, 7) is 5.30. The lowest BCUT2D eigenvalue weighted by atomic mass is 10.2. The molecule has 0 rings (SSSR count). The van der Waals surface area contributed by atoms with Crippen LogP contribution in [0.3, 0.4) is 0 Å². The van der Waals surface area contributed by atoms with Gasteiger partial charge in [0.05, 0.1) is 6.10 Å². The van der Waals surface area contributed by atoms with Crippen LogP contribution in [0, 0.1) is 0 Å². The molecule has 0 aromatic rings. The van der Waals surface area contributed by atoms with Gasteiger partial charge in [-0.15, -0.1) is 0 Å². The van der Waals surface area contributed by atoms with Crippen molar-refractivity contribution < 1.29 is 9.53 Å². The van der Waals surface area contributed by atoms with E-state index in [1.54, 1.807) is 0 Å². The molecular formula is C6H11O2. The summed E-state index contributed by atoms with van der Waals surface area (Å²) in [5, 5.41) is 0. The van der Waals surface area contributed by atoms with Gasteiger partial charge in [0.1, 0.15) is 0 Å². The molecule has 0 fully saturated rings. The molecule has 47 valence electrons. The van der Waals surface area contributed by atoms with Crippen molar-refractivity contribution in [3.8, 4) is 0 Å². The normalized spacial score (nSPS) is 12.8. The van der Waals surface area contributed by atoms with Crippen molar-refractivity contribution >= 4 is 6.47 Å². The molecule has 2 heteroatoms. The molecule has 0 spiro atoms. The highest BCUT2D eigenvalue weighted by atomic mass is 16.5. The van der Waals surface area contributed by atoms with Gasteiger partial charge in [-0.3, -0.25) is 0 Å². The van der Waals surface area contributed by atoms with Gasteiger partial charge < -0.3 is 4.74 Å². The first kappa shape index (κ1) is 7.47. The Morgan fingerprint density at radius 3 is 2.75 bits per heavy atom. The Kier molecular flexibility index (Phi) is 4.32. The van der Waals surface area contributed by atoms with Crippen molar-refractivity contribution in [2.45, 2.75) is 32.8 Å². The lowest BCUT2D eigenvalue weighted by molar-refractivity contribution is 0.184. The quantitative estimate of drug-likeness (QED) is 0.551. The number of carbonyl (C=O) groups excluding carboxylic acids is 1. The minimum Gasteiger partial charge on any atom is -0.454 e. The number of ether oxygens (including phenoxy) is 1. The molecule has 0 saturated heterocycles. The van der Waals surface area contributed by atoms with E-state index >= 15 is 0 Å². The standard InChI is InChI=1S/C6H11O2/c1-3-4-6(2)8-5-7/h6H,3-4H2,1-2H3. The molecule has 2 nitrogen and oxygen atoms in total. The van der Waals surface area contributed by atoms with Gasteiger partial charge in [0.15, 0.2) is 0 Å². The average molecular weight is 115 g/mol. The zero-order valence-corrected chi connectivity index (χ0v) is 5.31. The Morgan fingerprint density at radius 1 is 1.75 bits per heavy atom. The Balaban J connectivity index is 3.03. The summed E-state index contributed by atoms with van der Waals surface area (Å²) in [6, 6.07) is 0. The first-order valence-corrected chi connectivity index (χ1v) is 2.84. The molecule has 0 aliphatic rings. The summed E-state index contributed by atoms with van der Waals surface area (Å²) in [5.74, 6) is 0.